The van der Waals surface area contributed by atoms with Crippen LogP contribution in [0.5, 0.6) is 0 Å². The summed E-state index contributed by atoms with van der Waals surface area (Å²) in [5.74, 6) is -0.260. The molecule has 0 radical (unpaired) electrons. The Bertz CT molecular complexity index is 323. The summed E-state index contributed by atoms with van der Waals surface area (Å²) in [6, 6.07) is 0. The van der Waals surface area contributed by atoms with Gasteiger partial charge in [0.2, 0.25) is 0 Å². The molecule has 0 atom stereocenters. The number of aromatic amines is 1. The van der Waals surface area contributed by atoms with Crippen LogP contribution in [0.15, 0.2) is 0 Å². The van der Waals surface area contributed by atoms with Crippen molar-refractivity contribution in [3.05, 3.63) is 11.4 Å². The minimum Gasteiger partial charge on any atom is -0.395 e. The van der Waals surface area contributed by atoms with Crippen molar-refractivity contribution in [3.8, 4) is 0 Å². The van der Waals surface area contributed by atoms with Crippen molar-refractivity contribution in [2.45, 2.75) is 12.8 Å². The summed E-state index contributed by atoms with van der Waals surface area (Å²) in [5, 5.41) is 10.0. The second kappa shape index (κ2) is 4.99. The van der Waals surface area contributed by atoms with E-state index in [1.165, 1.54) is 0 Å². The van der Waals surface area contributed by atoms with Gasteiger partial charge in [-0.25, -0.2) is 0 Å². The van der Waals surface area contributed by atoms with Gasteiger partial charge in [0.05, 0.1) is 11.4 Å². The molecule has 0 spiro atoms. The van der Waals surface area contributed by atoms with Crippen LogP contribution in [0.1, 0.15) is 22.6 Å². The van der Waals surface area contributed by atoms with E-state index in [0.29, 0.717) is 5.69 Å². The van der Waals surface area contributed by atoms with E-state index in [0.717, 1.165) is 23.9 Å². The van der Waals surface area contributed by atoms with Crippen molar-refractivity contribution >= 4 is 27.5 Å². The van der Waals surface area contributed by atoms with Crippen LogP contribution in [0.4, 0.5) is 5.69 Å². The summed E-state index contributed by atoms with van der Waals surface area (Å²) in [5.41, 5.74) is 7.30. The number of hydrogen-bond donors (Lipinski definition) is 3. The van der Waals surface area contributed by atoms with Crippen LogP contribution >= 0.6 is 15.9 Å². The lowest BCUT2D eigenvalue weighted by molar-refractivity contribution is 0.0959. The van der Waals surface area contributed by atoms with Crippen molar-refractivity contribution < 1.29 is 4.79 Å². The Morgan fingerprint density at radius 3 is 3.00 bits per heavy atom. The van der Waals surface area contributed by atoms with Crippen LogP contribution in [0.3, 0.4) is 0 Å². The summed E-state index contributed by atoms with van der Waals surface area (Å²) in [6.07, 6.45) is 1.75. The van der Waals surface area contributed by atoms with Gasteiger partial charge in [0, 0.05) is 12.4 Å². The van der Waals surface area contributed by atoms with Gasteiger partial charge in [0.1, 0.15) is 0 Å². The number of nitrogens with zero attached hydrogens (tertiary/aromatic N) is 1. The molecule has 1 heterocycles. The highest BCUT2D eigenvalue weighted by molar-refractivity contribution is 9.09. The maximum atomic E-state index is 11.2. The number of aromatic nitrogens is 2. The number of rotatable bonds is 4. The van der Waals surface area contributed by atoms with Crippen LogP contribution in [0, 0.1) is 0 Å². The molecule has 6 heteroatoms. The number of nitrogens with one attached hydrogen (secondary N) is 2. The minimum atomic E-state index is -0.260. The monoisotopic (exact) mass is 260 g/mol. The van der Waals surface area contributed by atoms with Gasteiger partial charge in [-0.1, -0.05) is 15.9 Å². The SMILES string of the molecule is CNC(=O)c1n[nH]c(CCCBr)c1N. The minimum absolute atomic E-state index is 0.260. The molecule has 1 amide bonds. The van der Waals surface area contributed by atoms with E-state index in [9.17, 15) is 4.79 Å². The topological polar surface area (TPSA) is 83.8 Å². The summed E-state index contributed by atoms with van der Waals surface area (Å²) < 4.78 is 0. The van der Waals surface area contributed by atoms with E-state index < -0.39 is 0 Å². The van der Waals surface area contributed by atoms with Gasteiger partial charge in [-0.3, -0.25) is 9.89 Å². The predicted octanol–water partition coefficient (Wildman–Crippen LogP) is 0.679. The number of amides is 1. The molecule has 1 rings (SSSR count). The van der Waals surface area contributed by atoms with Crippen LogP contribution in [0.2, 0.25) is 0 Å². The summed E-state index contributed by atoms with van der Waals surface area (Å²) in [6.45, 7) is 0. The zero-order valence-corrected chi connectivity index (χ0v) is 9.52. The normalized spacial score (nSPS) is 10.1. The van der Waals surface area contributed by atoms with Crippen molar-refractivity contribution in [2.75, 3.05) is 18.1 Å². The molecule has 5 nitrogen and oxygen atoms in total. The molecule has 0 unspecified atom stereocenters. The van der Waals surface area contributed by atoms with Gasteiger partial charge in [0.15, 0.2) is 5.69 Å². The van der Waals surface area contributed by atoms with Gasteiger partial charge >= 0.3 is 0 Å². The Morgan fingerprint density at radius 2 is 2.43 bits per heavy atom. The second-order valence-electron chi connectivity index (χ2n) is 2.84. The van der Waals surface area contributed by atoms with Gasteiger partial charge < -0.3 is 11.1 Å². The summed E-state index contributed by atoms with van der Waals surface area (Å²) >= 11 is 3.33. The average Bonchev–Trinajstić information content (AvgIpc) is 2.56. The third-order valence-electron chi connectivity index (χ3n) is 1.89. The molecular weight excluding hydrogens is 248 g/mol. The first-order valence-electron chi connectivity index (χ1n) is 4.31. The lowest BCUT2D eigenvalue weighted by Gasteiger charge is -1.98. The summed E-state index contributed by atoms with van der Waals surface area (Å²) in [4.78, 5) is 11.2. The first kappa shape index (κ1) is 11.0. The average molecular weight is 261 g/mol. The fourth-order valence-electron chi connectivity index (χ4n) is 1.11. The number of anilines is 1. The number of halogens is 1. The number of aryl methyl sites for hydroxylation is 1. The van der Waals surface area contributed by atoms with Crippen molar-refractivity contribution in [1.82, 2.24) is 15.5 Å². The standard InChI is InChI=1S/C8H13BrN4O/c1-11-8(14)7-6(10)5(12-13-7)3-2-4-9/h2-4,10H2,1H3,(H,11,14)(H,12,13). The van der Waals surface area contributed by atoms with Crippen LogP contribution in [-0.4, -0.2) is 28.5 Å². The molecule has 14 heavy (non-hydrogen) atoms. The Morgan fingerprint density at radius 1 is 1.71 bits per heavy atom. The lowest BCUT2D eigenvalue weighted by atomic mass is 10.2. The Labute approximate surface area is 90.6 Å². The smallest absolute Gasteiger partial charge is 0.273 e. The molecule has 0 aromatic carbocycles. The molecule has 0 saturated heterocycles. The van der Waals surface area contributed by atoms with E-state index >= 15 is 0 Å². The largest absolute Gasteiger partial charge is 0.395 e. The third kappa shape index (κ3) is 2.25. The number of alkyl halides is 1. The van der Waals surface area contributed by atoms with Crippen molar-refractivity contribution in [2.24, 2.45) is 0 Å². The predicted molar refractivity (Wildman–Crippen MR) is 58.5 cm³/mol. The summed E-state index contributed by atoms with van der Waals surface area (Å²) in [7, 11) is 1.55. The van der Waals surface area contributed by atoms with Crippen molar-refractivity contribution in [3.63, 3.8) is 0 Å². The first-order valence-corrected chi connectivity index (χ1v) is 5.43. The molecule has 1 aromatic heterocycles. The molecule has 1 aromatic rings. The number of hydrogen-bond acceptors (Lipinski definition) is 3. The first-order chi connectivity index (χ1) is 6.70. The molecular formula is C8H13BrN4O. The van der Waals surface area contributed by atoms with Crippen LogP contribution < -0.4 is 11.1 Å². The highest BCUT2D eigenvalue weighted by atomic mass is 79.9. The molecule has 0 fully saturated rings. The van der Waals surface area contributed by atoms with E-state index in [1.54, 1.807) is 7.05 Å². The Kier molecular flexibility index (Phi) is 3.94. The number of nitrogens with two attached hydrogens (primary N) is 1. The lowest BCUT2D eigenvalue weighted by Crippen LogP contribution is -2.19. The molecule has 0 aliphatic rings. The Hall–Kier alpha value is -1.04. The fourth-order valence-corrected chi connectivity index (χ4v) is 1.39. The molecule has 0 bridgehead atoms. The van der Waals surface area contributed by atoms with Crippen molar-refractivity contribution in [1.29, 1.82) is 0 Å². The van der Waals surface area contributed by atoms with E-state index in [-0.39, 0.29) is 11.6 Å². The second-order valence-corrected chi connectivity index (χ2v) is 3.63. The maximum absolute atomic E-state index is 11.2. The number of nitrogen functional groups attached to an aromatic ring is 1. The van der Waals surface area contributed by atoms with Gasteiger partial charge in [-0.15, -0.1) is 0 Å². The number of carbonyl (C=O) groups excluding carboxylic acids is 1. The number of carbonyl (C=O) groups is 1. The highest BCUT2D eigenvalue weighted by Crippen LogP contribution is 2.15. The molecule has 0 saturated carbocycles. The Balaban J connectivity index is 2.80. The molecule has 0 aliphatic carbocycles. The fraction of sp³-hybridized carbons (Fsp3) is 0.500. The zero-order valence-electron chi connectivity index (χ0n) is 7.93. The molecule has 0 aliphatic heterocycles. The quantitative estimate of drug-likeness (QED) is 0.697. The zero-order chi connectivity index (χ0) is 10.6. The third-order valence-corrected chi connectivity index (χ3v) is 2.45. The van der Waals surface area contributed by atoms with E-state index in [2.05, 4.69) is 31.4 Å². The van der Waals surface area contributed by atoms with Crippen LogP contribution in [0.25, 0.3) is 0 Å². The van der Waals surface area contributed by atoms with Gasteiger partial charge in [-0.2, -0.15) is 5.10 Å². The van der Waals surface area contributed by atoms with E-state index in [4.69, 9.17) is 5.73 Å². The van der Waals surface area contributed by atoms with E-state index in [1.807, 2.05) is 0 Å². The van der Waals surface area contributed by atoms with Gasteiger partial charge in [0.25, 0.3) is 5.91 Å². The van der Waals surface area contributed by atoms with Crippen LogP contribution in [-0.2, 0) is 6.42 Å². The van der Waals surface area contributed by atoms with Gasteiger partial charge in [-0.05, 0) is 12.8 Å². The maximum Gasteiger partial charge on any atom is 0.273 e. The highest BCUT2D eigenvalue weighted by Gasteiger charge is 2.15. The molecule has 4 N–H and O–H groups in total. The number of H-pyrrole nitrogens is 1. The molecule has 78 valence electrons.